The topological polar surface area (TPSA) is 49.4 Å². The van der Waals surface area contributed by atoms with Crippen LogP contribution in [0.25, 0.3) is 0 Å². The molecule has 2 amide bonds. The summed E-state index contributed by atoms with van der Waals surface area (Å²) in [7, 11) is 0. The molecule has 3 rings (SSSR count). The number of hydrogen-bond donors (Lipinski definition) is 1. The third kappa shape index (κ3) is 2.80. The molecule has 0 aromatic heterocycles. The van der Waals surface area contributed by atoms with Gasteiger partial charge in [-0.25, -0.2) is 0 Å². The summed E-state index contributed by atoms with van der Waals surface area (Å²) in [4.78, 5) is 26.8. The summed E-state index contributed by atoms with van der Waals surface area (Å²) in [6, 6.07) is 12.1. The Morgan fingerprint density at radius 1 is 1.17 bits per heavy atom. The molecule has 6 heteroatoms. The molecule has 0 bridgehead atoms. The van der Waals surface area contributed by atoms with Crippen molar-refractivity contribution in [2.24, 2.45) is 0 Å². The lowest BCUT2D eigenvalue weighted by atomic mass is 10.00. The number of nitrogens with zero attached hydrogens (tertiary/aromatic N) is 1. The van der Waals surface area contributed by atoms with Crippen LogP contribution in [0.3, 0.4) is 0 Å². The number of anilines is 2. The first kappa shape index (κ1) is 15.8. The molecule has 0 radical (unpaired) electrons. The first-order chi connectivity index (χ1) is 11.0. The van der Waals surface area contributed by atoms with Crippen molar-refractivity contribution in [2.75, 3.05) is 16.8 Å². The van der Waals surface area contributed by atoms with Gasteiger partial charge in [0.05, 0.1) is 10.0 Å². The Kier molecular flexibility index (Phi) is 4.28. The maximum atomic E-state index is 12.6. The van der Waals surface area contributed by atoms with Gasteiger partial charge in [-0.3, -0.25) is 9.59 Å². The van der Waals surface area contributed by atoms with E-state index in [4.69, 9.17) is 23.2 Å². The van der Waals surface area contributed by atoms with E-state index in [-0.39, 0.29) is 11.8 Å². The lowest BCUT2D eigenvalue weighted by molar-refractivity contribution is -0.126. The second kappa shape index (κ2) is 6.22. The van der Waals surface area contributed by atoms with E-state index in [9.17, 15) is 9.59 Å². The zero-order valence-electron chi connectivity index (χ0n) is 12.3. The van der Waals surface area contributed by atoms with Crippen LogP contribution in [0.15, 0.2) is 42.5 Å². The Labute approximate surface area is 144 Å². The number of para-hydroxylation sites is 1. The van der Waals surface area contributed by atoms with E-state index in [1.807, 2.05) is 31.2 Å². The van der Waals surface area contributed by atoms with Crippen LogP contribution in [0.5, 0.6) is 0 Å². The minimum Gasteiger partial charge on any atom is -0.325 e. The summed E-state index contributed by atoms with van der Waals surface area (Å²) >= 11 is 11.8. The molecule has 1 unspecified atom stereocenters. The SMILES string of the molecule is CCN1C(=O)C(C(=O)Nc2ccc(Cl)c(Cl)c2)c2ccccc21. The number of nitrogens with one attached hydrogen (secondary N) is 1. The largest absolute Gasteiger partial charge is 0.325 e. The van der Waals surface area contributed by atoms with Gasteiger partial charge in [0, 0.05) is 17.9 Å². The molecule has 2 aromatic rings. The Hall–Kier alpha value is -2.04. The fraction of sp³-hybridized carbons (Fsp3) is 0.176. The van der Waals surface area contributed by atoms with Crippen LogP contribution >= 0.6 is 23.2 Å². The van der Waals surface area contributed by atoms with E-state index in [1.54, 1.807) is 23.1 Å². The number of carbonyl (C=O) groups is 2. The number of carbonyl (C=O) groups excluding carboxylic acids is 2. The molecule has 0 fully saturated rings. The van der Waals surface area contributed by atoms with E-state index < -0.39 is 5.92 Å². The van der Waals surface area contributed by atoms with Gasteiger partial charge in [0.25, 0.3) is 0 Å². The Morgan fingerprint density at radius 2 is 1.91 bits per heavy atom. The van der Waals surface area contributed by atoms with Crippen LogP contribution in [0, 0.1) is 0 Å². The average Bonchev–Trinajstić information content (AvgIpc) is 2.82. The third-order valence-corrected chi connectivity index (χ3v) is 4.56. The molecule has 23 heavy (non-hydrogen) atoms. The summed E-state index contributed by atoms with van der Waals surface area (Å²) in [5.74, 6) is -1.44. The maximum Gasteiger partial charge on any atom is 0.244 e. The standard InChI is InChI=1S/C17H14Cl2N2O2/c1-2-21-14-6-4-3-5-11(14)15(17(21)23)16(22)20-10-7-8-12(18)13(19)9-10/h3-9,15H,2H2,1H3,(H,20,22). The Morgan fingerprint density at radius 3 is 2.61 bits per heavy atom. The van der Waals surface area contributed by atoms with E-state index in [0.717, 1.165) is 11.3 Å². The normalized spacial score (nSPS) is 16.4. The van der Waals surface area contributed by atoms with E-state index in [2.05, 4.69) is 5.32 Å². The number of likely N-dealkylation sites (N-methyl/N-ethyl adjacent to an activating group) is 1. The van der Waals surface area contributed by atoms with Crippen LogP contribution in [0.4, 0.5) is 11.4 Å². The van der Waals surface area contributed by atoms with Crippen LogP contribution in [-0.2, 0) is 9.59 Å². The molecule has 4 nitrogen and oxygen atoms in total. The molecule has 0 spiro atoms. The lowest BCUT2D eigenvalue weighted by Gasteiger charge is -2.15. The Bertz CT molecular complexity index is 792. The second-order valence-electron chi connectivity index (χ2n) is 5.19. The maximum absolute atomic E-state index is 12.6. The molecular weight excluding hydrogens is 335 g/mol. The van der Waals surface area contributed by atoms with E-state index in [1.165, 1.54) is 0 Å². The van der Waals surface area contributed by atoms with Crippen LogP contribution in [0.1, 0.15) is 18.4 Å². The molecule has 0 saturated carbocycles. The van der Waals surface area contributed by atoms with Crippen molar-refractivity contribution in [3.8, 4) is 0 Å². The van der Waals surface area contributed by atoms with Crippen molar-refractivity contribution in [3.05, 3.63) is 58.1 Å². The summed E-state index contributed by atoms with van der Waals surface area (Å²) in [5.41, 5.74) is 2.01. The zero-order chi connectivity index (χ0) is 16.6. The molecule has 0 saturated heterocycles. The molecule has 1 heterocycles. The number of hydrogen-bond acceptors (Lipinski definition) is 2. The minimum atomic E-state index is -0.847. The number of fused-ring (bicyclic) bond motifs is 1. The van der Waals surface area contributed by atoms with Gasteiger partial charge in [0.15, 0.2) is 0 Å². The van der Waals surface area contributed by atoms with Gasteiger partial charge in [-0.1, -0.05) is 41.4 Å². The highest BCUT2D eigenvalue weighted by atomic mass is 35.5. The highest BCUT2D eigenvalue weighted by Crippen LogP contribution is 2.37. The van der Waals surface area contributed by atoms with Crippen LogP contribution < -0.4 is 10.2 Å². The molecule has 1 atom stereocenters. The number of amides is 2. The predicted molar refractivity (Wildman–Crippen MR) is 92.3 cm³/mol. The fourth-order valence-corrected chi connectivity index (χ4v) is 3.05. The summed E-state index contributed by atoms with van der Waals surface area (Å²) in [6.07, 6.45) is 0. The van der Waals surface area contributed by atoms with Crippen molar-refractivity contribution in [2.45, 2.75) is 12.8 Å². The van der Waals surface area contributed by atoms with Crippen molar-refractivity contribution >= 4 is 46.4 Å². The lowest BCUT2D eigenvalue weighted by Crippen LogP contribution is -2.33. The van der Waals surface area contributed by atoms with Gasteiger partial charge in [-0.15, -0.1) is 0 Å². The fourth-order valence-electron chi connectivity index (χ4n) is 2.75. The first-order valence-electron chi connectivity index (χ1n) is 7.19. The van der Waals surface area contributed by atoms with Crippen LogP contribution in [-0.4, -0.2) is 18.4 Å². The van der Waals surface area contributed by atoms with E-state index >= 15 is 0 Å². The minimum absolute atomic E-state index is 0.216. The van der Waals surface area contributed by atoms with E-state index in [0.29, 0.717) is 22.3 Å². The molecule has 1 aliphatic heterocycles. The Balaban J connectivity index is 1.90. The third-order valence-electron chi connectivity index (χ3n) is 3.82. The second-order valence-corrected chi connectivity index (χ2v) is 6.01. The monoisotopic (exact) mass is 348 g/mol. The molecule has 1 aliphatic rings. The molecule has 118 valence electrons. The molecule has 2 aromatic carbocycles. The van der Waals surface area contributed by atoms with Gasteiger partial charge in [0.2, 0.25) is 11.8 Å². The van der Waals surface area contributed by atoms with Crippen LogP contribution in [0.2, 0.25) is 10.0 Å². The number of benzene rings is 2. The summed E-state index contributed by atoms with van der Waals surface area (Å²) < 4.78 is 0. The summed E-state index contributed by atoms with van der Waals surface area (Å²) in [5, 5.41) is 3.49. The van der Waals surface area contributed by atoms with Gasteiger partial charge < -0.3 is 10.2 Å². The van der Waals surface area contributed by atoms with Gasteiger partial charge in [-0.05, 0) is 36.8 Å². The molecular formula is C17H14Cl2N2O2. The average molecular weight is 349 g/mol. The predicted octanol–water partition coefficient (Wildman–Crippen LogP) is 4.08. The number of rotatable bonds is 3. The number of halogens is 2. The first-order valence-corrected chi connectivity index (χ1v) is 7.94. The molecule has 1 N–H and O–H groups in total. The molecule has 0 aliphatic carbocycles. The quantitative estimate of drug-likeness (QED) is 0.849. The summed E-state index contributed by atoms with van der Waals surface area (Å²) in [6.45, 7) is 2.40. The zero-order valence-corrected chi connectivity index (χ0v) is 13.9. The van der Waals surface area contributed by atoms with Gasteiger partial charge in [-0.2, -0.15) is 0 Å². The smallest absolute Gasteiger partial charge is 0.244 e. The van der Waals surface area contributed by atoms with Crippen molar-refractivity contribution in [1.29, 1.82) is 0 Å². The van der Waals surface area contributed by atoms with Crippen molar-refractivity contribution in [3.63, 3.8) is 0 Å². The highest BCUT2D eigenvalue weighted by molar-refractivity contribution is 6.42. The van der Waals surface area contributed by atoms with Crippen molar-refractivity contribution in [1.82, 2.24) is 0 Å². The van der Waals surface area contributed by atoms with Gasteiger partial charge in [0.1, 0.15) is 5.92 Å². The highest BCUT2D eigenvalue weighted by Gasteiger charge is 2.40. The van der Waals surface area contributed by atoms with Gasteiger partial charge >= 0.3 is 0 Å². The van der Waals surface area contributed by atoms with Crippen molar-refractivity contribution < 1.29 is 9.59 Å².